The lowest BCUT2D eigenvalue weighted by Crippen LogP contribution is -2.45. The summed E-state index contributed by atoms with van der Waals surface area (Å²) in [4.78, 5) is 25.9. The number of hydrogen-bond donors (Lipinski definition) is 4. The van der Waals surface area contributed by atoms with E-state index in [1.807, 2.05) is 38.1 Å². The first-order chi connectivity index (χ1) is 22.4. The summed E-state index contributed by atoms with van der Waals surface area (Å²) < 4.78 is 31.5. The zero-order valence-corrected chi connectivity index (χ0v) is 30.4. The number of esters is 2. The number of aryl methyl sites for hydroxylation is 2. The Morgan fingerprint density at radius 1 is 0.872 bits per heavy atom. The van der Waals surface area contributed by atoms with Crippen molar-refractivity contribution in [3.8, 4) is 11.5 Å². The maximum atomic E-state index is 14.7. The summed E-state index contributed by atoms with van der Waals surface area (Å²) in [5.74, 6) is 0.0109. The summed E-state index contributed by atoms with van der Waals surface area (Å²) in [7, 11) is -3.74. The van der Waals surface area contributed by atoms with Crippen molar-refractivity contribution in [1.29, 1.82) is 0 Å². The lowest BCUT2D eigenvalue weighted by molar-refractivity contribution is -0.145. The third-order valence-electron chi connectivity index (χ3n) is 8.09. The molecule has 2 aromatic carbocycles. The van der Waals surface area contributed by atoms with Crippen LogP contribution in [0.2, 0.25) is 0 Å². The van der Waals surface area contributed by atoms with Crippen molar-refractivity contribution in [3.05, 3.63) is 58.1 Å². The molecule has 0 fully saturated rings. The summed E-state index contributed by atoms with van der Waals surface area (Å²) in [6.07, 6.45) is 5.10. The molecule has 0 saturated heterocycles. The van der Waals surface area contributed by atoms with Crippen LogP contribution in [0.1, 0.15) is 113 Å². The van der Waals surface area contributed by atoms with E-state index < -0.39 is 31.5 Å². The van der Waals surface area contributed by atoms with E-state index in [9.17, 15) is 19.3 Å². The van der Waals surface area contributed by atoms with Gasteiger partial charge >= 0.3 is 11.9 Å². The van der Waals surface area contributed by atoms with Gasteiger partial charge in [-0.25, -0.2) is 10.2 Å². The molecule has 5 N–H and O–H groups in total. The lowest BCUT2D eigenvalue weighted by Gasteiger charge is -2.29. The maximum Gasteiger partial charge on any atom is 0.323 e. The fourth-order valence-electron chi connectivity index (χ4n) is 5.52. The van der Waals surface area contributed by atoms with Crippen LogP contribution in [0, 0.1) is 13.8 Å². The number of aromatic hydroxyl groups is 1. The van der Waals surface area contributed by atoms with Crippen molar-refractivity contribution in [2.45, 2.75) is 118 Å². The topological polar surface area (TPSA) is 149 Å². The molecule has 0 saturated carbocycles. The smallest absolute Gasteiger partial charge is 0.323 e. The first kappa shape index (κ1) is 40.3. The molecular formula is C36H58N3O7P. The highest BCUT2D eigenvalue weighted by Gasteiger charge is 2.35. The Balaban J connectivity index is 2.39. The number of carbonyl (C=O) groups excluding carboxylic acids is 2. The zero-order chi connectivity index (χ0) is 35.0. The molecule has 0 amide bonds. The molecule has 0 aliphatic rings. The number of nitrogens with two attached hydrogens (primary N) is 1. The third kappa shape index (κ3) is 13.3. The second-order valence-corrected chi connectivity index (χ2v) is 14.7. The van der Waals surface area contributed by atoms with E-state index in [4.69, 9.17) is 19.9 Å². The van der Waals surface area contributed by atoms with Crippen molar-refractivity contribution in [1.82, 2.24) is 10.2 Å². The number of nitrogens with one attached hydrogen (secondary N) is 2. The highest BCUT2D eigenvalue weighted by Crippen LogP contribution is 2.40. The Bertz CT molecular complexity index is 1270. The van der Waals surface area contributed by atoms with Gasteiger partial charge in [-0.1, -0.05) is 58.6 Å². The van der Waals surface area contributed by atoms with E-state index in [2.05, 4.69) is 30.9 Å². The van der Waals surface area contributed by atoms with Gasteiger partial charge < -0.3 is 25.1 Å². The highest BCUT2D eigenvalue weighted by atomic mass is 31.2. The van der Waals surface area contributed by atoms with Crippen LogP contribution in [-0.2, 0) is 30.0 Å². The summed E-state index contributed by atoms with van der Waals surface area (Å²) in [5.41, 5.74) is 10.8. The molecule has 3 atom stereocenters. The van der Waals surface area contributed by atoms with Crippen LogP contribution < -0.4 is 20.6 Å². The first-order valence-corrected chi connectivity index (χ1v) is 19.0. The monoisotopic (exact) mass is 675 g/mol. The van der Waals surface area contributed by atoms with Gasteiger partial charge in [0.25, 0.3) is 0 Å². The molecule has 2 rings (SSSR count). The van der Waals surface area contributed by atoms with E-state index in [0.29, 0.717) is 50.1 Å². The van der Waals surface area contributed by atoms with Crippen molar-refractivity contribution in [3.63, 3.8) is 0 Å². The molecule has 11 heteroatoms. The van der Waals surface area contributed by atoms with Crippen LogP contribution in [0.5, 0.6) is 11.5 Å². The SMILES string of the molecule is CCCCCC(NP(=O)(COc1cc(C)c(Cc2ccc(O)c(C(C)C)c2)c(C)c1)NC(CCCCN)C(=O)OCC)C(=O)OCC. The molecule has 3 unspecified atom stereocenters. The normalized spacial score (nSPS) is 14.0. The molecule has 10 nitrogen and oxygen atoms in total. The second kappa shape index (κ2) is 20.5. The van der Waals surface area contributed by atoms with Gasteiger partial charge in [-0.05, 0) is 112 Å². The molecule has 0 bridgehead atoms. The number of phenolic OH excluding ortho intramolecular Hbond substituents is 1. The number of phenols is 1. The predicted molar refractivity (Wildman–Crippen MR) is 188 cm³/mol. The Labute approximate surface area is 282 Å². The molecule has 264 valence electrons. The fraction of sp³-hybridized carbons (Fsp3) is 0.611. The van der Waals surface area contributed by atoms with Crippen molar-refractivity contribution in [2.75, 3.05) is 26.1 Å². The van der Waals surface area contributed by atoms with E-state index in [1.165, 1.54) is 0 Å². The largest absolute Gasteiger partial charge is 0.508 e. The predicted octanol–water partition coefficient (Wildman–Crippen LogP) is 7.00. The number of benzene rings is 2. The number of carbonyl (C=O) groups is 2. The van der Waals surface area contributed by atoms with Gasteiger partial charge in [0, 0.05) is 0 Å². The molecule has 0 aliphatic carbocycles. The van der Waals surface area contributed by atoms with Crippen LogP contribution in [-0.4, -0.2) is 55.2 Å². The summed E-state index contributed by atoms with van der Waals surface area (Å²) in [5, 5.41) is 16.3. The number of unbranched alkanes of at least 4 members (excludes halogenated alkanes) is 3. The molecule has 0 heterocycles. The van der Waals surface area contributed by atoms with Gasteiger partial charge in [0.1, 0.15) is 23.6 Å². The van der Waals surface area contributed by atoms with E-state index in [1.54, 1.807) is 19.9 Å². The zero-order valence-electron chi connectivity index (χ0n) is 29.5. The summed E-state index contributed by atoms with van der Waals surface area (Å²) in [6.45, 7) is 14.5. The number of hydrogen-bond acceptors (Lipinski definition) is 8. The van der Waals surface area contributed by atoms with Gasteiger partial charge in [0.2, 0.25) is 7.44 Å². The third-order valence-corrected chi connectivity index (χ3v) is 10.0. The molecule has 0 radical (unpaired) electrons. The number of rotatable bonds is 22. The maximum absolute atomic E-state index is 14.7. The average Bonchev–Trinajstić information content (AvgIpc) is 3.02. The molecule has 0 aromatic heterocycles. The minimum Gasteiger partial charge on any atom is -0.508 e. The first-order valence-electron chi connectivity index (χ1n) is 17.1. The van der Waals surface area contributed by atoms with Crippen molar-refractivity contribution >= 4 is 19.4 Å². The minimum absolute atomic E-state index is 0.179. The fourth-order valence-corrected chi connectivity index (χ4v) is 7.55. The van der Waals surface area contributed by atoms with Gasteiger partial charge in [-0.15, -0.1) is 0 Å². The Morgan fingerprint density at radius 2 is 1.43 bits per heavy atom. The van der Waals surface area contributed by atoms with Gasteiger partial charge in [0.05, 0.1) is 13.2 Å². The molecule has 0 aliphatic heterocycles. The number of ether oxygens (including phenoxy) is 3. The summed E-state index contributed by atoms with van der Waals surface area (Å²) >= 11 is 0. The Morgan fingerprint density at radius 3 is 1.91 bits per heavy atom. The average molecular weight is 676 g/mol. The van der Waals surface area contributed by atoms with Crippen LogP contribution in [0.15, 0.2) is 30.3 Å². The van der Waals surface area contributed by atoms with Gasteiger partial charge in [-0.3, -0.25) is 14.2 Å². The second-order valence-electron chi connectivity index (χ2n) is 12.4. The standard InChI is InChI=1S/C36H58N3O7P/c1-8-11-12-15-32(35(41)44-9-2)38-47(43,39-33(16-13-14-19-37)36(42)45-10-3)24-46-29-20-26(6)31(27(7)21-29)23-28-17-18-34(40)30(22-28)25(4)5/h17-18,20-22,25,32-33,40H,8-16,19,23-24,37H2,1-7H3,(H2,38,39,43). The Hall–Kier alpha value is -2.91. The minimum atomic E-state index is -3.74. The quantitative estimate of drug-likeness (QED) is 0.0584. The van der Waals surface area contributed by atoms with Crippen molar-refractivity contribution in [2.24, 2.45) is 5.73 Å². The molecular weight excluding hydrogens is 617 g/mol. The molecule has 47 heavy (non-hydrogen) atoms. The van der Waals surface area contributed by atoms with Crippen molar-refractivity contribution < 1.29 is 33.5 Å². The lowest BCUT2D eigenvalue weighted by atomic mass is 9.93. The van der Waals surface area contributed by atoms with Crippen LogP contribution in [0.3, 0.4) is 0 Å². The van der Waals surface area contributed by atoms with Gasteiger partial charge in [-0.2, -0.15) is 0 Å². The summed E-state index contributed by atoms with van der Waals surface area (Å²) in [6, 6.07) is 7.82. The van der Waals surface area contributed by atoms with E-state index in [-0.39, 0.29) is 25.5 Å². The van der Waals surface area contributed by atoms with Crippen LogP contribution in [0.4, 0.5) is 0 Å². The van der Waals surface area contributed by atoms with Crippen LogP contribution in [0.25, 0.3) is 0 Å². The highest BCUT2D eigenvalue weighted by molar-refractivity contribution is 7.59. The van der Waals surface area contributed by atoms with E-state index in [0.717, 1.165) is 47.1 Å². The van der Waals surface area contributed by atoms with Gasteiger partial charge in [0.15, 0.2) is 6.35 Å². The molecule has 2 aromatic rings. The Kier molecular flexibility index (Phi) is 17.5. The van der Waals surface area contributed by atoms with E-state index >= 15 is 0 Å². The van der Waals surface area contributed by atoms with Crippen LogP contribution >= 0.6 is 7.44 Å². The molecule has 0 spiro atoms.